The number of aromatic hydroxyl groups is 1. The smallest absolute Gasteiger partial charge is 0.352 e. The van der Waals surface area contributed by atoms with Crippen LogP contribution in [-0.4, -0.2) is 20.7 Å². The first-order chi connectivity index (χ1) is 9.16. The Balaban J connectivity index is 2.38. The monoisotopic (exact) mass is 253 g/mol. The average molecular weight is 253 g/mol. The molecule has 0 radical (unpaired) electrons. The van der Waals surface area contributed by atoms with Gasteiger partial charge in [-0.1, -0.05) is 24.3 Å². The van der Waals surface area contributed by atoms with Crippen LogP contribution in [0.15, 0.2) is 54.6 Å². The molecule has 1 aromatic heterocycles. The molecule has 0 unspecified atom stereocenters. The van der Waals surface area contributed by atoms with Gasteiger partial charge in [-0.25, -0.2) is 4.79 Å². The highest BCUT2D eigenvalue weighted by Crippen LogP contribution is 2.26. The van der Waals surface area contributed by atoms with Crippen molar-refractivity contribution in [1.29, 1.82) is 0 Å². The first-order valence-electron chi connectivity index (χ1n) is 5.80. The predicted molar refractivity (Wildman–Crippen MR) is 71.9 cm³/mol. The van der Waals surface area contributed by atoms with Crippen LogP contribution in [0.4, 0.5) is 0 Å². The lowest BCUT2D eigenvalue weighted by atomic mass is 10.2. The normalized spacial score (nSPS) is 10.7. The molecule has 3 rings (SSSR count). The number of carbonyl (C=O) groups is 1. The van der Waals surface area contributed by atoms with Gasteiger partial charge in [-0.15, -0.1) is 0 Å². The molecule has 94 valence electrons. The zero-order chi connectivity index (χ0) is 13.4. The highest BCUT2D eigenvalue weighted by Gasteiger charge is 2.15. The van der Waals surface area contributed by atoms with E-state index in [-0.39, 0.29) is 11.4 Å². The number of para-hydroxylation sites is 1. The summed E-state index contributed by atoms with van der Waals surface area (Å²) in [6.45, 7) is 0. The Hall–Kier alpha value is -2.75. The lowest BCUT2D eigenvalue weighted by molar-refractivity contribution is 0.0688. The van der Waals surface area contributed by atoms with Crippen molar-refractivity contribution >= 4 is 16.9 Å². The standard InChI is InChI=1S/C15H11NO3/c17-12-6-3-5-11(9-12)16-13-7-2-1-4-10(13)8-14(16)15(18)19/h1-9,17H,(H,18,19). The summed E-state index contributed by atoms with van der Waals surface area (Å²) in [6, 6.07) is 15.6. The lowest BCUT2D eigenvalue weighted by Crippen LogP contribution is -2.06. The van der Waals surface area contributed by atoms with Gasteiger partial charge in [0.25, 0.3) is 0 Å². The van der Waals surface area contributed by atoms with E-state index < -0.39 is 5.97 Å². The van der Waals surface area contributed by atoms with Gasteiger partial charge >= 0.3 is 5.97 Å². The fourth-order valence-corrected chi connectivity index (χ4v) is 2.22. The number of benzene rings is 2. The van der Waals surface area contributed by atoms with Gasteiger partial charge in [-0.2, -0.15) is 0 Å². The number of carboxylic acids is 1. The van der Waals surface area contributed by atoms with Crippen LogP contribution in [0, 0.1) is 0 Å². The van der Waals surface area contributed by atoms with Gasteiger partial charge in [0.1, 0.15) is 11.4 Å². The molecule has 2 aromatic carbocycles. The third-order valence-corrected chi connectivity index (χ3v) is 3.02. The van der Waals surface area contributed by atoms with Crippen molar-refractivity contribution in [1.82, 2.24) is 4.57 Å². The fourth-order valence-electron chi connectivity index (χ4n) is 2.22. The third-order valence-electron chi connectivity index (χ3n) is 3.02. The van der Waals surface area contributed by atoms with Gasteiger partial charge in [-0.3, -0.25) is 0 Å². The van der Waals surface area contributed by atoms with Crippen molar-refractivity contribution in [3.8, 4) is 11.4 Å². The lowest BCUT2D eigenvalue weighted by Gasteiger charge is -2.08. The predicted octanol–water partition coefficient (Wildman–Crippen LogP) is 3.03. The molecule has 0 aliphatic rings. The van der Waals surface area contributed by atoms with E-state index in [1.165, 1.54) is 0 Å². The highest BCUT2D eigenvalue weighted by molar-refractivity contribution is 5.96. The topological polar surface area (TPSA) is 62.5 Å². The molecule has 19 heavy (non-hydrogen) atoms. The number of phenols is 1. The molecule has 0 spiro atoms. The molecule has 0 amide bonds. The summed E-state index contributed by atoms with van der Waals surface area (Å²) in [7, 11) is 0. The van der Waals surface area contributed by atoms with Crippen LogP contribution in [0.25, 0.3) is 16.6 Å². The van der Waals surface area contributed by atoms with Gasteiger partial charge in [-0.05, 0) is 24.3 Å². The second-order valence-electron chi connectivity index (χ2n) is 4.25. The molecule has 0 saturated heterocycles. The Morgan fingerprint density at radius 3 is 2.53 bits per heavy atom. The number of hydrogen-bond acceptors (Lipinski definition) is 2. The van der Waals surface area contributed by atoms with Crippen LogP contribution in [0.3, 0.4) is 0 Å². The number of hydrogen-bond donors (Lipinski definition) is 2. The van der Waals surface area contributed by atoms with Crippen LogP contribution >= 0.6 is 0 Å². The van der Waals surface area contributed by atoms with Crippen molar-refractivity contribution < 1.29 is 15.0 Å². The van der Waals surface area contributed by atoms with E-state index in [4.69, 9.17) is 0 Å². The van der Waals surface area contributed by atoms with Crippen LogP contribution in [-0.2, 0) is 0 Å². The van der Waals surface area contributed by atoms with Crippen molar-refractivity contribution in [3.05, 3.63) is 60.3 Å². The summed E-state index contributed by atoms with van der Waals surface area (Å²) in [6.07, 6.45) is 0. The average Bonchev–Trinajstić information content (AvgIpc) is 2.78. The molecule has 0 saturated carbocycles. The largest absolute Gasteiger partial charge is 0.508 e. The van der Waals surface area contributed by atoms with Crippen LogP contribution in [0.1, 0.15) is 10.5 Å². The van der Waals surface area contributed by atoms with Crippen molar-refractivity contribution in [2.75, 3.05) is 0 Å². The Morgan fingerprint density at radius 1 is 1.00 bits per heavy atom. The summed E-state index contributed by atoms with van der Waals surface area (Å²) in [4.78, 5) is 11.4. The molecule has 0 atom stereocenters. The molecule has 4 heteroatoms. The zero-order valence-electron chi connectivity index (χ0n) is 9.95. The Kier molecular flexibility index (Phi) is 2.49. The maximum atomic E-state index is 11.4. The fraction of sp³-hybridized carbons (Fsp3) is 0. The number of nitrogens with zero attached hydrogens (tertiary/aromatic N) is 1. The maximum Gasteiger partial charge on any atom is 0.352 e. The van der Waals surface area contributed by atoms with Crippen molar-refractivity contribution in [3.63, 3.8) is 0 Å². The molecule has 3 aromatic rings. The van der Waals surface area contributed by atoms with E-state index in [2.05, 4.69) is 0 Å². The summed E-state index contributed by atoms with van der Waals surface area (Å²) in [5.41, 5.74) is 1.59. The highest BCUT2D eigenvalue weighted by atomic mass is 16.4. The van der Waals surface area contributed by atoms with Crippen LogP contribution in [0.5, 0.6) is 5.75 Å². The molecular formula is C15H11NO3. The quantitative estimate of drug-likeness (QED) is 0.737. The van der Waals surface area contributed by atoms with Gasteiger partial charge in [0, 0.05) is 11.5 Å². The summed E-state index contributed by atoms with van der Waals surface area (Å²) >= 11 is 0. The second-order valence-corrected chi connectivity index (χ2v) is 4.25. The molecule has 0 aliphatic carbocycles. The van der Waals surface area contributed by atoms with Gasteiger partial charge in [0.15, 0.2) is 0 Å². The molecule has 0 bridgehead atoms. The Morgan fingerprint density at radius 2 is 1.79 bits per heavy atom. The molecule has 4 nitrogen and oxygen atoms in total. The van der Waals surface area contributed by atoms with Crippen LogP contribution < -0.4 is 0 Å². The zero-order valence-corrected chi connectivity index (χ0v) is 9.95. The maximum absolute atomic E-state index is 11.4. The van der Waals surface area contributed by atoms with Crippen molar-refractivity contribution in [2.24, 2.45) is 0 Å². The number of rotatable bonds is 2. The van der Waals surface area contributed by atoms with Crippen LogP contribution in [0.2, 0.25) is 0 Å². The molecule has 0 fully saturated rings. The molecule has 0 aliphatic heterocycles. The van der Waals surface area contributed by atoms with Gasteiger partial charge < -0.3 is 14.8 Å². The minimum atomic E-state index is -1.00. The van der Waals surface area contributed by atoms with E-state index in [1.54, 1.807) is 34.9 Å². The number of phenolic OH excluding ortho intramolecular Hbond substituents is 1. The number of fused-ring (bicyclic) bond motifs is 1. The summed E-state index contributed by atoms with van der Waals surface area (Å²) in [5.74, 6) is -0.897. The van der Waals surface area contributed by atoms with Crippen molar-refractivity contribution in [2.45, 2.75) is 0 Å². The Labute approximate surface area is 109 Å². The molecule has 1 heterocycles. The van der Waals surface area contributed by atoms with Gasteiger partial charge in [0.2, 0.25) is 0 Å². The van der Waals surface area contributed by atoms with Gasteiger partial charge in [0.05, 0.1) is 11.2 Å². The Bertz CT molecular complexity index is 774. The van der Waals surface area contributed by atoms with E-state index in [0.29, 0.717) is 5.69 Å². The SMILES string of the molecule is O=C(O)c1cc2ccccc2n1-c1cccc(O)c1. The summed E-state index contributed by atoms with van der Waals surface area (Å²) in [5, 5.41) is 19.7. The molecule has 2 N–H and O–H groups in total. The van der Waals surface area contributed by atoms with E-state index in [9.17, 15) is 15.0 Å². The van der Waals surface area contributed by atoms with E-state index >= 15 is 0 Å². The van der Waals surface area contributed by atoms with E-state index in [1.807, 2.05) is 24.3 Å². The second kappa shape index (κ2) is 4.17. The number of carboxylic acid groups (broad SMARTS) is 1. The first kappa shape index (κ1) is 11.3. The minimum Gasteiger partial charge on any atom is -0.508 e. The minimum absolute atomic E-state index is 0.103. The third kappa shape index (κ3) is 1.83. The number of aromatic nitrogens is 1. The van der Waals surface area contributed by atoms with E-state index in [0.717, 1.165) is 10.9 Å². The summed E-state index contributed by atoms with van der Waals surface area (Å²) < 4.78 is 1.62. The first-order valence-corrected chi connectivity index (χ1v) is 5.80. The number of aromatic carboxylic acids is 1. The molecular weight excluding hydrogens is 242 g/mol.